The summed E-state index contributed by atoms with van der Waals surface area (Å²) in [4.78, 5) is 11.5. The lowest BCUT2D eigenvalue weighted by Crippen LogP contribution is -2.53. The Kier molecular flexibility index (Phi) is 1.77. The fourth-order valence-corrected chi connectivity index (χ4v) is 6.43. The number of hydrogen-bond donors (Lipinski definition) is 0. The Balaban J connectivity index is 1.77. The number of fused-ring (bicyclic) bond motifs is 2. The molecule has 0 saturated heterocycles. The van der Waals surface area contributed by atoms with E-state index in [1.54, 1.807) is 6.92 Å². The maximum absolute atomic E-state index is 11.5. The number of ether oxygens (including phenoxy) is 1. The van der Waals surface area contributed by atoms with Crippen molar-refractivity contribution in [3.05, 3.63) is 0 Å². The van der Waals surface area contributed by atoms with Crippen LogP contribution < -0.4 is 0 Å². The fourth-order valence-electron chi connectivity index (χ4n) is 6.43. The van der Waals surface area contributed by atoms with Crippen molar-refractivity contribution in [2.75, 3.05) is 0 Å². The molecular weight excluding hydrogens is 212 g/mol. The second-order valence-electron chi connectivity index (χ2n) is 7.06. The first-order chi connectivity index (χ1) is 8.10. The second-order valence-corrected chi connectivity index (χ2v) is 7.06. The molecule has 0 radical (unpaired) electrons. The molecule has 2 heteroatoms. The lowest BCUT2D eigenvalue weighted by Gasteiger charge is -2.53. The first-order valence-corrected chi connectivity index (χ1v) is 7.30. The second kappa shape index (κ2) is 2.89. The summed E-state index contributed by atoms with van der Waals surface area (Å²) in [5.74, 6) is 3.24. The van der Waals surface area contributed by atoms with E-state index in [2.05, 4.69) is 6.92 Å². The average Bonchev–Trinajstić information content (AvgIpc) is 2.55. The average molecular weight is 234 g/mol. The first kappa shape index (κ1) is 10.4. The third-order valence-electron chi connectivity index (χ3n) is 6.73. The van der Waals surface area contributed by atoms with Crippen molar-refractivity contribution in [2.24, 2.45) is 29.1 Å². The van der Waals surface area contributed by atoms with Crippen LogP contribution in [0, 0.1) is 29.1 Å². The molecule has 17 heavy (non-hydrogen) atoms. The predicted octanol–water partition coefficient (Wildman–Crippen LogP) is 3.15. The molecule has 3 bridgehead atoms. The minimum Gasteiger partial charge on any atom is -0.459 e. The van der Waals surface area contributed by atoms with Crippen molar-refractivity contribution in [1.29, 1.82) is 0 Å². The van der Waals surface area contributed by atoms with E-state index in [1.165, 1.54) is 32.1 Å². The molecule has 0 aromatic carbocycles. The van der Waals surface area contributed by atoms with Crippen molar-refractivity contribution in [2.45, 2.75) is 58.0 Å². The molecule has 94 valence electrons. The molecule has 0 N–H and O–H groups in total. The number of carbonyl (C=O) groups excluding carboxylic acids is 1. The third kappa shape index (κ3) is 0.982. The van der Waals surface area contributed by atoms with Gasteiger partial charge in [-0.2, -0.15) is 0 Å². The summed E-state index contributed by atoms with van der Waals surface area (Å²) in [5, 5.41) is 0. The van der Waals surface area contributed by atoms with Crippen LogP contribution in [0.3, 0.4) is 0 Å². The highest BCUT2D eigenvalue weighted by Gasteiger charge is 2.75. The predicted molar refractivity (Wildman–Crippen MR) is 64.3 cm³/mol. The van der Waals surface area contributed by atoms with Crippen LogP contribution in [0.4, 0.5) is 0 Å². The molecule has 0 aliphatic heterocycles. The largest absolute Gasteiger partial charge is 0.459 e. The molecular formula is C15H22O2. The molecule has 0 aromatic rings. The summed E-state index contributed by atoms with van der Waals surface area (Å²) < 4.78 is 5.92. The maximum atomic E-state index is 11.5. The van der Waals surface area contributed by atoms with Crippen molar-refractivity contribution in [3.63, 3.8) is 0 Å². The van der Waals surface area contributed by atoms with E-state index in [-0.39, 0.29) is 11.6 Å². The monoisotopic (exact) mass is 234 g/mol. The van der Waals surface area contributed by atoms with Gasteiger partial charge in [0.2, 0.25) is 0 Å². The Hall–Kier alpha value is -0.530. The highest BCUT2D eigenvalue weighted by atomic mass is 16.6. The molecule has 2 nitrogen and oxygen atoms in total. The Morgan fingerprint density at radius 3 is 2.71 bits per heavy atom. The lowest BCUT2D eigenvalue weighted by molar-refractivity contribution is -0.182. The van der Waals surface area contributed by atoms with Gasteiger partial charge in [0.15, 0.2) is 0 Å². The van der Waals surface area contributed by atoms with Gasteiger partial charge >= 0.3 is 5.97 Å². The standard InChI is InChI=1S/C15H22O2/c1-3-15(17-9(2)16)12-5-10-4-11-6-13(15)14(11,7-10)8-12/h10-13H,3-8H2,1-2H3. The molecule has 4 rings (SSSR count). The quantitative estimate of drug-likeness (QED) is 0.686. The number of esters is 1. The zero-order valence-electron chi connectivity index (χ0n) is 10.9. The molecule has 1 spiro atoms. The molecule has 0 heterocycles. The van der Waals surface area contributed by atoms with E-state index in [9.17, 15) is 4.79 Å². The van der Waals surface area contributed by atoms with Crippen LogP contribution in [0.1, 0.15) is 52.4 Å². The van der Waals surface area contributed by atoms with Crippen LogP contribution in [-0.4, -0.2) is 11.6 Å². The minimum atomic E-state index is -0.0719. The number of rotatable bonds is 2. The summed E-state index contributed by atoms with van der Waals surface area (Å²) in [6, 6.07) is 0. The summed E-state index contributed by atoms with van der Waals surface area (Å²) in [5.41, 5.74) is 0.538. The van der Waals surface area contributed by atoms with Gasteiger partial charge in [0, 0.05) is 12.8 Å². The highest BCUT2D eigenvalue weighted by molar-refractivity contribution is 5.67. The molecule has 4 fully saturated rings. The Morgan fingerprint density at radius 2 is 2.00 bits per heavy atom. The van der Waals surface area contributed by atoms with Crippen LogP contribution in [0.5, 0.6) is 0 Å². The van der Waals surface area contributed by atoms with Crippen LogP contribution in [0.25, 0.3) is 0 Å². The molecule has 4 aliphatic carbocycles. The van der Waals surface area contributed by atoms with Crippen molar-refractivity contribution < 1.29 is 9.53 Å². The molecule has 6 unspecified atom stereocenters. The molecule has 0 amide bonds. The normalized spacial score (nSPS) is 57.8. The fraction of sp³-hybridized carbons (Fsp3) is 0.933. The van der Waals surface area contributed by atoms with E-state index in [0.717, 1.165) is 18.3 Å². The van der Waals surface area contributed by atoms with E-state index in [4.69, 9.17) is 4.74 Å². The van der Waals surface area contributed by atoms with Crippen LogP contribution in [0.2, 0.25) is 0 Å². The van der Waals surface area contributed by atoms with E-state index in [0.29, 0.717) is 17.3 Å². The van der Waals surface area contributed by atoms with E-state index < -0.39 is 0 Å². The summed E-state index contributed by atoms with van der Waals surface area (Å²) in [7, 11) is 0. The third-order valence-corrected chi connectivity index (χ3v) is 6.73. The molecule has 4 saturated carbocycles. The van der Waals surface area contributed by atoms with Crippen molar-refractivity contribution in [3.8, 4) is 0 Å². The SMILES string of the molecule is CCC1(OC(C)=O)C2CC3CC4CC1C4(C3)C2. The van der Waals surface area contributed by atoms with Crippen LogP contribution >= 0.6 is 0 Å². The zero-order valence-corrected chi connectivity index (χ0v) is 10.9. The first-order valence-electron chi connectivity index (χ1n) is 7.30. The van der Waals surface area contributed by atoms with Crippen LogP contribution in [-0.2, 0) is 9.53 Å². The molecule has 6 atom stereocenters. The van der Waals surface area contributed by atoms with Crippen molar-refractivity contribution in [1.82, 2.24) is 0 Å². The minimum absolute atomic E-state index is 0.0601. The molecule has 0 aromatic heterocycles. The summed E-state index contributed by atoms with van der Waals surface area (Å²) in [6.07, 6.45) is 7.99. The van der Waals surface area contributed by atoms with Gasteiger partial charge in [-0.05, 0) is 61.7 Å². The lowest BCUT2D eigenvalue weighted by atomic mass is 9.53. The van der Waals surface area contributed by atoms with Gasteiger partial charge in [0.05, 0.1) is 0 Å². The maximum Gasteiger partial charge on any atom is 0.303 e. The summed E-state index contributed by atoms with van der Waals surface area (Å²) in [6.45, 7) is 3.81. The Bertz CT molecular complexity index is 390. The Labute approximate surface area is 103 Å². The van der Waals surface area contributed by atoms with Gasteiger partial charge in [-0.15, -0.1) is 0 Å². The smallest absolute Gasteiger partial charge is 0.303 e. The van der Waals surface area contributed by atoms with Gasteiger partial charge < -0.3 is 4.74 Å². The van der Waals surface area contributed by atoms with E-state index >= 15 is 0 Å². The number of hydrogen-bond acceptors (Lipinski definition) is 2. The highest BCUT2D eigenvalue weighted by Crippen LogP contribution is 2.79. The van der Waals surface area contributed by atoms with Crippen molar-refractivity contribution >= 4 is 5.97 Å². The van der Waals surface area contributed by atoms with Gasteiger partial charge in [0.1, 0.15) is 5.60 Å². The molecule has 4 aliphatic rings. The van der Waals surface area contributed by atoms with Gasteiger partial charge in [-0.3, -0.25) is 4.79 Å². The zero-order chi connectivity index (χ0) is 11.8. The van der Waals surface area contributed by atoms with Gasteiger partial charge in [0.25, 0.3) is 0 Å². The Morgan fingerprint density at radius 1 is 1.24 bits per heavy atom. The van der Waals surface area contributed by atoms with Crippen LogP contribution in [0.15, 0.2) is 0 Å². The topological polar surface area (TPSA) is 26.3 Å². The number of carbonyl (C=O) groups is 1. The van der Waals surface area contributed by atoms with Gasteiger partial charge in [-0.25, -0.2) is 0 Å². The van der Waals surface area contributed by atoms with Gasteiger partial charge in [-0.1, -0.05) is 6.92 Å². The summed E-state index contributed by atoms with van der Waals surface area (Å²) >= 11 is 0. The van der Waals surface area contributed by atoms with E-state index in [1.807, 2.05) is 0 Å².